The van der Waals surface area contributed by atoms with E-state index in [1.807, 2.05) is 6.07 Å². The summed E-state index contributed by atoms with van der Waals surface area (Å²) in [6, 6.07) is 10.4. The van der Waals surface area contributed by atoms with Crippen LogP contribution in [0.3, 0.4) is 0 Å². The number of para-hydroxylation sites is 1. The monoisotopic (exact) mass is 254 g/mol. The molecule has 0 saturated carbocycles. The van der Waals surface area contributed by atoms with Crippen molar-refractivity contribution in [3.05, 3.63) is 47.8 Å². The van der Waals surface area contributed by atoms with E-state index in [2.05, 4.69) is 4.98 Å². The number of carboxylic acid groups (broad SMARTS) is 1. The Balaban J connectivity index is 2.72. The fourth-order valence-electron chi connectivity index (χ4n) is 1.78. The average Bonchev–Trinajstić information content (AvgIpc) is 2.46. The van der Waals surface area contributed by atoms with Gasteiger partial charge in [-0.05, 0) is 12.1 Å². The quantitative estimate of drug-likeness (QED) is 0.908. The van der Waals surface area contributed by atoms with Gasteiger partial charge in [-0.15, -0.1) is 0 Å². The molecule has 94 valence electrons. The maximum Gasteiger partial charge on any atom is 0.337 e. The number of nitrogens with zero attached hydrogens (tertiary/aromatic N) is 2. The number of hydrogen-bond donors (Lipinski definition) is 1. The van der Waals surface area contributed by atoms with Crippen molar-refractivity contribution in [3.8, 4) is 22.9 Å². The van der Waals surface area contributed by atoms with Crippen LogP contribution in [0.2, 0.25) is 0 Å². The minimum absolute atomic E-state index is 0.0310. The fraction of sp³-hybridized carbons (Fsp3) is 0.0714. The molecule has 0 spiro atoms. The topological polar surface area (TPSA) is 83.2 Å². The van der Waals surface area contributed by atoms with Gasteiger partial charge in [0.05, 0.1) is 12.7 Å². The summed E-state index contributed by atoms with van der Waals surface area (Å²) in [5.74, 6) is -0.557. The molecule has 0 amide bonds. The van der Waals surface area contributed by atoms with Crippen molar-refractivity contribution in [2.75, 3.05) is 7.11 Å². The molecule has 0 atom stereocenters. The van der Waals surface area contributed by atoms with Crippen LogP contribution in [0.4, 0.5) is 0 Å². The molecule has 1 aromatic carbocycles. The van der Waals surface area contributed by atoms with Crippen LogP contribution in [-0.2, 0) is 0 Å². The van der Waals surface area contributed by atoms with Crippen LogP contribution in [0.15, 0.2) is 36.5 Å². The molecule has 0 aliphatic rings. The van der Waals surface area contributed by atoms with Gasteiger partial charge in [-0.1, -0.05) is 18.2 Å². The number of nitriles is 1. The lowest BCUT2D eigenvalue weighted by atomic mass is 10.00. The van der Waals surface area contributed by atoms with Crippen molar-refractivity contribution in [1.29, 1.82) is 5.26 Å². The Bertz CT molecular complexity index is 675. The number of benzene rings is 1. The first-order valence-electron chi connectivity index (χ1n) is 5.44. The molecule has 0 aliphatic carbocycles. The largest absolute Gasteiger partial charge is 0.496 e. The second-order valence-electron chi connectivity index (χ2n) is 3.73. The van der Waals surface area contributed by atoms with Crippen LogP contribution in [-0.4, -0.2) is 23.2 Å². The third-order valence-corrected chi connectivity index (χ3v) is 2.65. The fourth-order valence-corrected chi connectivity index (χ4v) is 1.78. The summed E-state index contributed by atoms with van der Waals surface area (Å²) in [7, 11) is 1.51. The van der Waals surface area contributed by atoms with E-state index in [9.17, 15) is 9.90 Å². The SMILES string of the molecule is COc1ccccc1-c1cc(C#N)ncc1C(=O)O. The number of aromatic nitrogens is 1. The molecule has 0 fully saturated rings. The number of carbonyl (C=O) groups is 1. The van der Waals surface area contributed by atoms with Gasteiger partial charge in [0.1, 0.15) is 17.5 Å². The van der Waals surface area contributed by atoms with Gasteiger partial charge < -0.3 is 9.84 Å². The zero-order valence-corrected chi connectivity index (χ0v) is 10.1. The Hall–Kier alpha value is -2.87. The molecule has 0 radical (unpaired) electrons. The van der Waals surface area contributed by atoms with Crippen LogP contribution in [0.5, 0.6) is 5.75 Å². The zero-order chi connectivity index (χ0) is 13.8. The molecule has 0 aliphatic heterocycles. The maximum absolute atomic E-state index is 11.2. The van der Waals surface area contributed by atoms with E-state index in [0.29, 0.717) is 16.9 Å². The molecule has 1 N–H and O–H groups in total. The summed E-state index contributed by atoms with van der Waals surface area (Å²) in [6.07, 6.45) is 1.18. The predicted octanol–water partition coefficient (Wildman–Crippen LogP) is 2.33. The highest BCUT2D eigenvalue weighted by atomic mass is 16.5. The molecule has 2 aromatic rings. The lowest BCUT2D eigenvalue weighted by Gasteiger charge is -2.10. The molecule has 0 bridgehead atoms. The summed E-state index contributed by atoms with van der Waals surface area (Å²) in [6.45, 7) is 0. The highest BCUT2D eigenvalue weighted by molar-refractivity contribution is 5.96. The zero-order valence-electron chi connectivity index (χ0n) is 10.1. The highest BCUT2D eigenvalue weighted by Crippen LogP contribution is 2.32. The lowest BCUT2D eigenvalue weighted by molar-refractivity contribution is 0.0697. The number of ether oxygens (including phenoxy) is 1. The van der Waals surface area contributed by atoms with Crippen molar-refractivity contribution in [2.45, 2.75) is 0 Å². The summed E-state index contributed by atoms with van der Waals surface area (Å²) < 4.78 is 5.21. The van der Waals surface area contributed by atoms with Crippen LogP contribution < -0.4 is 4.74 Å². The van der Waals surface area contributed by atoms with Gasteiger partial charge in [-0.2, -0.15) is 5.26 Å². The summed E-state index contributed by atoms with van der Waals surface area (Å²) in [4.78, 5) is 15.0. The summed E-state index contributed by atoms with van der Waals surface area (Å²) in [5.41, 5.74) is 1.22. The Kier molecular flexibility index (Phi) is 3.44. The molecule has 0 saturated heterocycles. The Morgan fingerprint density at radius 3 is 2.74 bits per heavy atom. The first-order chi connectivity index (χ1) is 9.17. The van der Waals surface area contributed by atoms with E-state index in [-0.39, 0.29) is 11.3 Å². The number of methoxy groups -OCH3 is 1. The van der Waals surface area contributed by atoms with E-state index in [1.165, 1.54) is 19.4 Å². The minimum atomic E-state index is -1.10. The maximum atomic E-state index is 11.2. The lowest BCUT2D eigenvalue weighted by Crippen LogP contribution is -2.02. The molecule has 5 heteroatoms. The van der Waals surface area contributed by atoms with Gasteiger partial charge in [0.25, 0.3) is 0 Å². The van der Waals surface area contributed by atoms with Crippen LogP contribution in [0, 0.1) is 11.3 Å². The Labute approximate surface area is 109 Å². The van der Waals surface area contributed by atoms with Gasteiger partial charge in [0, 0.05) is 17.3 Å². The van der Waals surface area contributed by atoms with Gasteiger partial charge in [-0.25, -0.2) is 9.78 Å². The van der Waals surface area contributed by atoms with Crippen LogP contribution in [0.1, 0.15) is 16.1 Å². The molecular weight excluding hydrogens is 244 g/mol. The Morgan fingerprint density at radius 1 is 1.37 bits per heavy atom. The average molecular weight is 254 g/mol. The Morgan fingerprint density at radius 2 is 2.11 bits per heavy atom. The van der Waals surface area contributed by atoms with Gasteiger partial charge >= 0.3 is 5.97 Å². The third-order valence-electron chi connectivity index (χ3n) is 2.65. The molecule has 1 heterocycles. The second kappa shape index (κ2) is 5.19. The van der Waals surface area contributed by atoms with Crippen molar-refractivity contribution >= 4 is 5.97 Å². The van der Waals surface area contributed by atoms with Crippen molar-refractivity contribution in [2.24, 2.45) is 0 Å². The number of aromatic carboxylic acids is 1. The molecule has 19 heavy (non-hydrogen) atoms. The molecule has 1 aromatic heterocycles. The highest BCUT2D eigenvalue weighted by Gasteiger charge is 2.16. The van der Waals surface area contributed by atoms with Crippen molar-refractivity contribution < 1.29 is 14.6 Å². The molecule has 2 rings (SSSR count). The first kappa shape index (κ1) is 12.6. The number of pyridine rings is 1. The minimum Gasteiger partial charge on any atom is -0.496 e. The normalized spacial score (nSPS) is 9.68. The van der Waals surface area contributed by atoms with Gasteiger partial charge in [-0.3, -0.25) is 0 Å². The first-order valence-corrected chi connectivity index (χ1v) is 5.44. The van der Waals surface area contributed by atoms with Crippen LogP contribution >= 0.6 is 0 Å². The smallest absolute Gasteiger partial charge is 0.337 e. The molecular formula is C14H10N2O3. The predicted molar refractivity (Wildman–Crippen MR) is 67.9 cm³/mol. The van der Waals surface area contributed by atoms with E-state index < -0.39 is 5.97 Å². The van der Waals surface area contributed by atoms with Crippen molar-refractivity contribution in [3.63, 3.8) is 0 Å². The standard InChI is InChI=1S/C14H10N2O3/c1-19-13-5-3-2-4-10(13)11-6-9(7-15)16-8-12(11)14(17)18/h2-6,8H,1H3,(H,17,18). The van der Waals surface area contributed by atoms with Gasteiger partial charge in [0.2, 0.25) is 0 Å². The number of carboxylic acids is 1. The molecule has 5 nitrogen and oxygen atoms in total. The summed E-state index contributed by atoms with van der Waals surface area (Å²) >= 11 is 0. The van der Waals surface area contributed by atoms with Crippen LogP contribution in [0.25, 0.3) is 11.1 Å². The van der Waals surface area contributed by atoms with Crippen molar-refractivity contribution in [1.82, 2.24) is 4.98 Å². The van der Waals surface area contributed by atoms with E-state index in [1.54, 1.807) is 24.3 Å². The number of hydrogen-bond acceptors (Lipinski definition) is 4. The van der Waals surface area contributed by atoms with Gasteiger partial charge in [0.15, 0.2) is 0 Å². The second-order valence-corrected chi connectivity index (χ2v) is 3.73. The van der Waals surface area contributed by atoms with E-state index >= 15 is 0 Å². The van der Waals surface area contributed by atoms with E-state index in [0.717, 1.165) is 0 Å². The van der Waals surface area contributed by atoms with E-state index in [4.69, 9.17) is 10.00 Å². The summed E-state index contributed by atoms with van der Waals surface area (Å²) in [5, 5.41) is 18.1. The number of rotatable bonds is 3. The molecule has 0 unspecified atom stereocenters. The third kappa shape index (κ3) is 2.38.